The van der Waals surface area contributed by atoms with E-state index in [-0.39, 0.29) is 18.8 Å². The average molecular weight is 451 g/mol. The fraction of sp³-hybridized carbons (Fsp3) is 0.278. The van der Waals surface area contributed by atoms with E-state index in [0.717, 1.165) is 18.4 Å². The zero-order chi connectivity index (χ0) is 21.7. The van der Waals surface area contributed by atoms with Crippen LogP contribution < -0.4 is 14.4 Å². The number of hydrogen-bond donors (Lipinski definition) is 1. The van der Waals surface area contributed by atoms with Crippen molar-refractivity contribution in [2.45, 2.75) is 6.18 Å². The highest BCUT2D eigenvalue weighted by atomic mass is 35.5. The van der Waals surface area contributed by atoms with E-state index >= 15 is 0 Å². The van der Waals surface area contributed by atoms with Crippen molar-refractivity contribution in [3.8, 4) is 5.75 Å². The van der Waals surface area contributed by atoms with E-state index in [1.54, 1.807) is 24.3 Å². The summed E-state index contributed by atoms with van der Waals surface area (Å²) in [6.07, 6.45) is -3.83. The second-order valence-corrected chi connectivity index (χ2v) is 8.31. The lowest BCUT2D eigenvalue weighted by Crippen LogP contribution is -2.41. The van der Waals surface area contributed by atoms with Gasteiger partial charge in [0.1, 0.15) is 18.9 Å². The van der Waals surface area contributed by atoms with Gasteiger partial charge < -0.3 is 10.1 Å². The summed E-state index contributed by atoms with van der Waals surface area (Å²) in [7, 11) is -3.99. The molecule has 6 nitrogen and oxygen atoms in total. The summed E-state index contributed by atoms with van der Waals surface area (Å²) < 4.78 is 68.7. The highest BCUT2D eigenvalue weighted by Crippen LogP contribution is 2.32. The molecule has 0 aromatic heterocycles. The number of rotatable bonds is 8. The molecule has 2 aromatic rings. The van der Waals surface area contributed by atoms with Crippen LogP contribution in [0.4, 0.5) is 18.9 Å². The molecule has 0 aliphatic rings. The first-order valence-corrected chi connectivity index (χ1v) is 10.5. The summed E-state index contributed by atoms with van der Waals surface area (Å²) in [6, 6.07) is 10.3. The van der Waals surface area contributed by atoms with Gasteiger partial charge in [0.25, 0.3) is 0 Å². The summed E-state index contributed by atoms with van der Waals surface area (Å²) >= 11 is 5.76. The van der Waals surface area contributed by atoms with E-state index < -0.39 is 34.2 Å². The summed E-state index contributed by atoms with van der Waals surface area (Å²) in [5.41, 5.74) is -1.27. The maximum atomic E-state index is 12.9. The molecule has 0 spiro atoms. The normalized spacial score (nSPS) is 11.8. The number of anilines is 1. The molecule has 0 saturated carbocycles. The minimum Gasteiger partial charge on any atom is -0.492 e. The van der Waals surface area contributed by atoms with Gasteiger partial charge in [0, 0.05) is 5.02 Å². The standard InChI is InChI=1S/C18H18ClF3N2O4S/c1-29(26,27)24(15-4-2-3-13(11-15)18(20,21)22)12-17(25)23-9-10-28-16-7-5-14(19)6-8-16/h2-8,11H,9-10,12H2,1H3,(H,23,25). The molecule has 0 aliphatic carbocycles. The predicted molar refractivity (Wildman–Crippen MR) is 104 cm³/mol. The van der Waals surface area contributed by atoms with Gasteiger partial charge in [0.15, 0.2) is 0 Å². The van der Waals surface area contributed by atoms with Crippen LogP contribution >= 0.6 is 11.6 Å². The predicted octanol–water partition coefficient (Wildman–Crippen LogP) is 3.32. The minimum absolute atomic E-state index is 0.0711. The number of benzene rings is 2. The molecule has 2 aromatic carbocycles. The van der Waals surface area contributed by atoms with E-state index in [0.29, 0.717) is 21.1 Å². The minimum atomic E-state index is -4.64. The quantitative estimate of drug-likeness (QED) is 0.626. The molecule has 2 rings (SSSR count). The zero-order valence-corrected chi connectivity index (χ0v) is 16.8. The number of carbonyl (C=O) groups is 1. The third-order valence-corrected chi connectivity index (χ3v) is 5.05. The SMILES string of the molecule is CS(=O)(=O)N(CC(=O)NCCOc1ccc(Cl)cc1)c1cccc(C(F)(F)F)c1. The first-order valence-electron chi connectivity index (χ1n) is 8.27. The number of ether oxygens (including phenoxy) is 1. The van der Waals surface area contributed by atoms with Crippen molar-refractivity contribution in [3.05, 3.63) is 59.1 Å². The van der Waals surface area contributed by atoms with Gasteiger partial charge in [0.05, 0.1) is 24.1 Å². The Hall–Kier alpha value is -2.46. The largest absolute Gasteiger partial charge is 0.492 e. The zero-order valence-electron chi connectivity index (χ0n) is 15.2. The van der Waals surface area contributed by atoms with Crippen molar-refractivity contribution in [2.24, 2.45) is 0 Å². The molecular weight excluding hydrogens is 433 g/mol. The molecule has 1 N–H and O–H groups in total. The van der Waals surface area contributed by atoms with Crippen molar-refractivity contribution < 1.29 is 31.1 Å². The van der Waals surface area contributed by atoms with Gasteiger partial charge in [-0.2, -0.15) is 13.2 Å². The van der Waals surface area contributed by atoms with Crippen molar-refractivity contribution in [2.75, 3.05) is 30.3 Å². The van der Waals surface area contributed by atoms with Gasteiger partial charge in [-0.25, -0.2) is 8.42 Å². The number of sulfonamides is 1. The number of halogens is 4. The number of alkyl halides is 3. The Bertz CT molecular complexity index is 950. The third-order valence-electron chi connectivity index (χ3n) is 3.66. The second kappa shape index (κ2) is 9.36. The van der Waals surface area contributed by atoms with Crippen LogP contribution in [0.15, 0.2) is 48.5 Å². The van der Waals surface area contributed by atoms with Crippen LogP contribution in [0, 0.1) is 0 Å². The van der Waals surface area contributed by atoms with Gasteiger partial charge in [-0.15, -0.1) is 0 Å². The van der Waals surface area contributed by atoms with Crippen molar-refractivity contribution in [1.29, 1.82) is 0 Å². The van der Waals surface area contributed by atoms with Gasteiger partial charge >= 0.3 is 6.18 Å². The lowest BCUT2D eigenvalue weighted by molar-refractivity contribution is -0.137. The van der Waals surface area contributed by atoms with Crippen LogP contribution in [0.5, 0.6) is 5.75 Å². The van der Waals surface area contributed by atoms with E-state index in [1.165, 1.54) is 6.07 Å². The maximum Gasteiger partial charge on any atom is 0.416 e. The van der Waals surface area contributed by atoms with E-state index in [9.17, 15) is 26.4 Å². The lowest BCUT2D eigenvalue weighted by Gasteiger charge is -2.22. The van der Waals surface area contributed by atoms with Gasteiger partial charge in [-0.3, -0.25) is 9.10 Å². The average Bonchev–Trinajstić information content (AvgIpc) is 2.63. The second-order valence-electron chi connectivity index (χ2n) is 5.97. The number of nitrogens with zero attached hydrogens (tertiary/aromatic N) is 1. The Labute approximate surface area is 171 Å². The Kier molecular flexibility index (Phi) is 7.37. The third kappa shape index (κ3) is 7.13. The van der Waals surface area contributed by atoms with Crippen LogP contribution in [0.1, 0.15) is 5.56 Å². The molecule has 0 fully saturated rings. The maximum absolute atomic E-state index is 12.9. The highest BCUT2D eigenvalue weighted by Gasteiger charge is 2.31. The van der Waals surface area contributed by atoms with Crippen LogP contribution in [0.25, 0.3) is 0 Å². The molecule has 29 heavy (non-hydrogen) atoms. The molecule has 0 aliphatic heterocycles. The molecule has 0 saturated heterocycles. The number of carbonyl (C=O) groups excluding carboxylic acids is 1. The first kappa shape index (κ1) is 22.8. The number of hydrogen-bond acceptors (Lipinski definition) is 4. The smallest absolute Gasteiger partial charge is 0.416 e. The van der Waals surface area contributed by atoms with E-state index in [2.05, 4.69) is 5.32 Å². The molecule has 0 bridgehead atoms. The fourth-order valence-corrected chi connectivity index (χ4v) is 3.29. The number of nitrogens with one attached hydrogen (secondary N) is 1. The van der Waals surface area contributed by atoms with Gasteiger partial charge in [0.2, 0.25) is 15.9 Å². The molecule has 0 heterocycles. The molecule has 0 unspecified atom stereocenters. The summed E-state index contributed by atoms with van der Waals surface area (Å²) in [5.74, 6) is -0.155. The van der Waals surface area contributed by atoms with Crippen LogP contribution in [-0.2, 0) is 21.0 Å². The topological polar surface area (TPSA) is 75.7 Å². The monoisotopic (exact) mass is 450 g/mol. The highest BCUT2D eigenvalue weighted by molar-refractivity contribution is 7.92. The fourth-order valence-electron chi connectivity index (χ4n) is 2.31. The Balaban J connectivity index is 1.98. The van der Waals surface area contributed by atoms with E-state index in [1.807, 2.05) is 0 Å². The van der Waals surface area contributed by atoms with Crippen molar-refractivity contribution in [1.82, 2.24) is 5.32 Å². The molecule has 0 atom stereocenters. The molecule has 1 amide bonds. The van der Waals surface area contributed by atoms with Crippen LogP contribution in [0.3, 0.4) is 0 Å². The summed E-state index contributed by atoms with van der Waals surface area (Å²) in [4.78, 5) is 12.1. The van der Waals surface area contributed by atoms with Crippen molar-refractivity contribution >= 4 is 33.2 Å². The number of amides is 1. The molecule has 11 heteroatoms. The Morgan fingerprint density at radius 3 is 2.41 bits per heavy atom. The summed E-state index contributed by atoms with van der Waals surface area (Å²) in [5, 5.41) is 3.01. The summed E-state index contributed by atoms with van der Waals surface area (Å²) in [6.45, 7) is -0.488. The first-order chi connectivity index (χ1) is 13.5. The molecule has 158 valence electrons. The van der Waals surface area contributed by atoms with Crippen molar-refractivity contribution in [3.63, 3.8) is 0 Å². The molecule has 0 radical (unpaired) electrons. The van der Waals surface area contributed by atoms with Crippen LogP contribution in [0.2, 0.25) is 5.02 Å². The molecular formula is C18H18ClF3N2O4S. The lowest BCUT2D eigenvalue weighted by atomic mass is 10.2. The van der Waals surface area contributed by atoms with Gasteiger partial charge in [-0.1, -0.05) is 17.7 Å². The Morgan fingerprint density at radius 2 is 1.83 bits per heavy atom. The van der Waals surface area contributed by atoms with Gasteiger partial charge in [-0.05, 0) is 42.5 Å². The Morgan fingerprint density at radius 1 is 1.17 bits per heavy atom. The van der Waals surface area contributed by atoms with E-state index in [4.69, 9.17) is 16.3 Å². The van der Waals surface area contributed by atoms with Crippen LogP contribution in [-0.4, -0.2) is 40.3 Å².